The van der Waals surface area contributed by atoms with E-state index in [0.29, 0.717) is 21.8 Å². The maximum absolute atomic E-state index is 12.6. The van der Waals surface area contributed by atoms with Gasteiger partial charge in [-0.3, -0.25) is 4.79 Å². The largest absolute Gasteiger partial charge is 0.451 e. The molecule has 0 fully saturated rings. The number of carbonyl (C=O) groups is 2. The third-order valence-electron chi connectivity index (χ3n) is 3.80. The average molecular weight is 343 g/mol. The van der Waals surface area contributed by atoms with Crippen LogP contribution in [0.15, 0.2) is 30.5 Å². The first kappa shape index (κ1) is 16.2. The highest BCUT2D eigenvalue weighted by molar-refractivity contribution is 7.10. The van der Waals surface area contributed by atoms with Crippen LogP contribution in [0.4, 0.5) is 5.00 Å². The van der Waals surface area contributed by atoms with Crippen molar-refractivity contribution in [1.82, 2.24) is 9.36 Å². The summed E-state index contributed by atoms with van der Waals surface area (Å²) in [5, 5.41) is 4.36. The topological polar surface area (TPSA) is 84.1 Å². The molecule has 0 unspecified atom stereocenters. The molecule has 0 radical (unpaired) electrons. The maximum Gasteiger partial charge on any atom is 0.343 e. The van der Waals surface area contributed by atoms with Crippen LogP contribution in [-0.4, -0.2) is 34.3 Å². The number of aryl methyl sites for hydroxylation is 1. The number of ketones is 1. The van der Waals surface area contributed by atoms with Gasteiger partial charge in [0.1, 0.15) is 10.6 Å². The fraction of sp³-hybridized carbons (Fsp3) is 0.235. The molecule has 0 aliphatic heterocycles. The van der Waals surface area contributed by atoms with Crippen LogP contribution in [0.3, 0.4) is 0 Å². The van der Waals surface area contributed by atoms with Crippen molar-refractivity contribution in [3.05, 3.63) is 47.3 Å². The number of anilines is 1. The maximum atomic E-state index is 12.6. The van der Waals surface area contributed by atoms with Crippen LogP contribution in [0.25, 0.3) is 10.9 Å². The number of para-hydroxylation sites is 1. The lowest BCUT2D eigenvalue weighted by Crippen LogP contribution is -2.24. The van der Waals surface area contributed by atoms with E-state index in [0.717, 1.165) is 10.9 Å². The number of aromatic nitrogens is 2. The molecule has 6 nitrogen and oxygen atoms in total. The van der Waals surface area contributed by atoms with Gasteiger partial charge in [-0.05, 0) is 31.4 Å². The van der Waals surface area contributed by atoms with Gasteiger partial charge in [0.05, 0.1) is 5.69 Å². The minimum atomic E-state index is -0.888. The van der Waals surface area contributed by atoms with Gasteiger partial charge in [0.2, 0.25) is 5.78 Å². The Bertz CT molecular complexity index is 913. The predicted molar refractivity (Wildman–Crippen MR) is 93.9 cm³/mol. The Morgan fingerprint density at radius 3 is 2.83 bits per heavy atom. The first-order chi connectivity index (χ1) is 11.5. The molecule has 0 aliphatic rings. The Hall–Kier alpha value is -2.67. The average Bonchev–Trinajstić information content (AvgIpc) is 3.17. The van der Waals surface area contributed by atoms with E-state index in [1.54, 1.807) is 27.1 Å². The second kappa shape index (κ2) is 6.45. The van der Waals surface area contributed by atoms with E-state index in [4.69, 9.17) is 4.74 Å². The summed E-state index contributed by atoms with van der Waals surface area (Å²) in [4.78, 5) is 28.1. The van der Waals surface area contributed by atoms with Gasteiger partial charge in [-0.25, -0.2) is 4.79 Å². The van der Waals surface area contributed by atoms with Crippen LogP contribution in [0.2, 0.25) is 0 Å². The number of esters is 1. The van der Waals surface area contributed by atoms with Gasteiger partial charge in [0.15, 0.2) is 6.10 Å². The molecular formula is C17H17N3O3S. The van der Waals surface area contributed by atoms with E-state index >= 15 is 0 Å². The number of carbonyl (C=O) groups excluding carboxylic acids is 2. The van der Waals surface area contributed by atoms with Crippen molar-refractivity contribution in [2.45, 2.75) is 20.0 Å². The molecule has 0 bridgehead atoms. The number of hydrogen-bond acceptors (Lipinski definition) is 6. The zero-order valence-electron chi connectivity index (χ0n) is 13.5. The van der Waals surface area contributed by atoms with Crippen LogP contribution < -0.4 is 5.32 Å². The number of nitrogens with one attached hydrogen (secondary N) is 2. The Morgan fingerprint density at radius 2 is 2.08 bits per heavy atom. The third-order valence-corrected chi connectivity index (χ3v) is 4.76. The van der Waals surface area contributed by atoms with Crippen molar-refractivity contribution in [2.75, 3.05) is 12.4 Å². The van der Waals surface area contributed by atoms with Crippen molar-refractivity contribution >= 4 is 39.2 Å². The summed E-state index contributed by atoms with van der Waals surface area (Å²) in [5.74, 6) is -0.793. The smallest absolute Gasteiger partial charge is 0.343 e. The number of Topliss-reactive ketones (excluding diaryl/α,β-unsaturated/α-hetero) is 1. The van der Waals surface area contributed by atoms with Gasteiger partial charge in [-0.2, -0.15) is 4.37 Å². The number of rotatable bonds is 5. The normalized spacial score (nSPS) is 12.1. The number of hydrogen-bond donors (Lipinski definition) is 2. The van der Waals surface area contributed by atoms with Gasteiger partial charge < -0.3 is 15.0 Å². The third kappa shape index (κ3) is 2.78. The molecule has 0 amide bonds. The molecule has 0 saturated carbocycles. The summed E-state index contributed by atoms with van der Waals surface area (Å²) in [5.41, 5.74) is 2.34. The highest BCUT2D eigenvalue weighted by Gasteiger charge is 2.26. The quantitative estimate of drug-likeness (QED) is 0.548. The molecule has 1 atom stereocenters. The zero-order chi connectivity index (χ0) is 17.3. The molecule has 3 aromatic rings. The van der Waals surface area contributed by atoms with Gasteiger partial charge in [0, 0.05) is 29.7 Å². The number of ether oxygens (including phenoxy) is 1. The lowest BCUT2D eigenvalue weighted by atomic mass is 10.1. The van der Waals surface area contributed by atoms with E-state index in [9.17, 15) is 9.59 Å². The molecule has 0 saturated heterocycles. The van der Waals surface area contributed by atoms with Crippen molar-refractivity contribution in [3.63, 3.8) is 0 Å². The van der Waals surface area contributed by atoms with Crippen LogP contribution >= 0.6 is 11.5 Å². The Labute approximate surface area is 143 Å². The van der Waals surface area contributed by atoms with Crippen molar-refractivity contribution in [1.29, 1.82) is 0 Å². The minimum Gasteiger partial charge on any atom is -0.451 e. The SMILES string of the molecule is CNc1snc(C)c1C(=O)O[C@H](C)C(=O)c1c[nH]c2ccccc12. The lowest BCUT2D eigenvalue weighted by Gasteiger charge is -2.12. The fourth-order valence-electron chi connectivity index (χ4n) is 2.55. The Kier molecular flexibility index (Phi) is 4.35. The number of nitrogens with zero attached hydrogens (tertiary/aromatic N) is 1. The summed E-state index contributed by atoms with van der Waals surface area (Å²) >= 11 is 1.19. The Balaban J connectivity index is 1.81. The lowest BCUT2D eigenvalue weighted by molar-refractivity contribution is 0.0320. The molecule has 2 N–H and O–H groups in total. The van der Waals surface area contributed by atoms with Crippen LogP contribution in [0.5, 0.6) is 0 Å². The molecule has 0 aliphatic carbocycles. The number of fused-ring (bicyclic) bond motifs is 1. The summed E-state index contributed by atoms with van der Waals surface area (Å²) in [6, 6.07) is 7.51. The van der Waals surface area contributed by atoms with E-state index < -0.39 is 12.1 Å². The minimum absolute atomic E-state index is 0.243. The summed E-state index contributed by atoms with van der Waals surface area (Å²) in [6.45, 7) is 3.32. The van der Waals surface area contributed by atoms with E-state index in [2.05, 4.69) is 14.7 Å². The number of aromatic amines is 1. The van der Waals surface area contributed by atoms with Crippen LogP contribution in [-0.2, 0) is 4.74 Å². The van der Waals surface area contributed by atoms with Crippen LogP contribution in [0.1, 0.15) is 33.3 Å². The standard InChI is InChI=1S/C17H17N3O3S/c1-9-14(16(18-3)24-20-9)17(22)23-10(2)15(21)12-8-19-13-7-5-4-6-11(12)13/h4-8,10,18-19H,1-3H3/t10-/m1/s1. The fourth-order valence-corrected chi connectivity index (χ4v) is 3.28. The van der Waals surface area contributed by atoms with Gasteiger partial charge in [0.25, 0.3) is 0 Å². The van der Waals surface area contributed by atoms with Crippen LogP contribution in [0, 0.1) is 6.92 Å². The first-order valence-corrected chi connectivity index (χ1v) is 8.25. The Morgan fingerprint density at radius 1 is 1.33 bits per heavy atom. The molecule has 2 heterocycles. The van der Waals surface area contributed by atoms with E-state index in [-0.39, 0.29) is 5.78 Å². The molecule has 0 spiro atoms. The highest BCUT2D eigenvalue weighted by atomic mass is 32.1. The van der Waals surface area contributed by atoms with Crippen molar-refractivity contribution < 1.29 is 14.3 Å². The highest BCUT2D eigenvalue weighted by Crippen LogP contribution is 2.26. The second-order valence-corrected chi connectivity index (χ2v) is 6.16. The van der Waals surface area contributed by atoms with Gasteiger partial charge >= 0.3 is 5.97 Å². The second-order valence-electron chi connectivity index (χ2n) is 5.38. The molecule has 3 rings (SSSR count). The molecular weight excluding hydrogens is 326 g/mol. The zero-order valence-corrected chi connectivity index (χ0v) is 14.4. The molecule has 124 valence electrons. The molecule has 24 heavy (non-hydrogen) atoms. The summed E-state index contributed by atoms with van der Waals surface area (Å²) in [7, 11) is 1.71. The van der Waals surface area contributed by atoms with E-state index in [1.165, 1.54) is 11.5 Å². The van der Waals surface area contributed by atoms with E-state index in [1.807, 2.05) is 24.3 Å². The van der Waals surface area contributed by atoms with Crippen molar-refractivity contribution in [3.8, 4) is 0 Å². The summed E-state index contributed by atoms with van der Waals surface area (Å²) in [6.07, 6.45) is 0.758. The summed E-state index contributed by atoms with van der Waals surface area (Å²) < 4.78 is 9.52. The molecule has 1 aromatic carbocycles. The monoisotopic (exact) mass is 343 g/mol. The molecule has 2 aromatic heterocycles. The number of benzene rings is 1. The molecule has 7 heteroatoms. The van der Waals surface area contributed by atoms with Gasteiger partial charge in [-0.1, -0.05) is 18.2 Å². The first-order valence-electron chi connectivity index (χ1n) is 7.48. The van der Waals surface area contributed by atoms with Gasteiger partial charge in [-0.15, -0.1) is 0 Å². The predicted octanol–water partition coefficient (Wildman–Crippen LogP) is 3.40. The van der Waals surface area contributed by atoms with Crippen molar-refractivity contribution in [2.24, 2.45) is 0 Å². The number of H-pyrrole nitrogens is 1.